The number of hydrogen-bond acceptors (Lipinski definition) is 5. The van der Waals surface area contributed by atoms with Gasteiger partial charge in [-0.2, -0.15) is 0 Å². The van der Waals surface area contributed by atoms with Crippen LogP contribution in [0.1, 0.15) is 54.0 Å². The molecule has 2 heterocycles. The Morgan fingerprint density at radius 1 is 1.21 bits per heavy atom. The lowest BCUT2D eigenvalue weighted by Crippen LogP contribution is -2.41. The third-order valence-electron chi connectivity index (χ3n) is 4.37. The largest absolute Gasteiger partial charge is 0.495 e. The Morgan fingerprint density at radius 2 is 1.75 bits per heavy atom. The van der Waals surface area contributed by atoms with E-state index in [2.05, 4.69) is 10.3 Å². The van der Waals surface area contributed by atoms with Gasteiger partial charge >= 0.3 is 13.2 Å². The van der Waals surface area contributed by atoms with E-state index in [0.29, 0.717) is 5.82 Å². The predicted molar refractivity (Wildman–Crippen MR) is 94.5 cm³/mol. The van der Waals surface area contributed by atoms with E-state index in [-0.39, 0.29) is 0 Å². The van der Waals surface area contributed by atoms with Crippen LogP contribution >= 0.6 is 0 Å². The van der Waals surface area contributed by atoms with Gasteiger partial charge in [-0.1, -0.05) is 0 Å². The van der Waals surface area contributed by atoms with Crippen LogP contribution in [0.4, 0.5) is 10.6 Å². The molecule has 0 aromatic carbocycles. The first kappa shape index (κ1) is 18.7. The molecular weight excluding hydrogens is 307 g/mol. The van der Waals surface area contributed by atoms with E-state index in [1.54, 1.807) is 6.20 Å². The van der Waals surface area contributed by atoms with Crippen molar-refractivity contribution < 1.29 is 18.8 Å². The molecular formula is C17H27BN2O4. The number of aromatic nitrogens is 1. The molecule has 0 spiro atoms. The number of pyridine rings is 1. The summed E-state index contributed by atoms with van der Waals surface area (Å²) in [6, 6.07) is 1.84. The van der Waals surface area contributed by atoms with Crippen LogP contribution in [0.3, 0.4) is 0 Å². The Kier molecular flexibility index (Phi) is 4.72. The van der Waals surface area contributed by atoms with Crippen LogP contribution in [0.25, 0.3) is 0 Å². The van der Waals surface area contributed by atoms with Gasteiger partial charge in [0.1, 0.15) is 11.4 Å². The lowest BCUT2D eigenvalue weighted by Gasteiger charge is -2.32. The molecule has 1 aromatic heterocycles. The van der Waals surface area contributed by atoms with Crippen molar-refractivity contribution in [1.82, 2.24) is 4.98 Å². The average Bonchev–Trinajstić information content (AvgIpc) is 2.58. The standard InChI is InChI=1S/C17H27BN2O4/c1-11-12(18-23-16(5,6)17(7,8)24-18)9-10-19-13(11)20-14(21)22-15(2,3)4/h9-10H,1-8H3,(H,19,20,21). The fourth-order valence-corrected chi connectivity index (χ4v) is 2.30. The van der Waals surface area contributed by atoms with Crippen LogP contribution < -0.4 is 10.8 Å². The van der Waals surface area contributed by atoms with Gasteiger partial charge in [-0.15, -0.1) is 0 Å². The summed E-state index contributed by atoms with van der Waals surface area (Å²) >= 11 is 0. The summed E-state index contributed by atoms with van der Waals surface area (Å²) in [4.78, 5) is 16.2. The molecule has 1 N–H and O–H groups in total. The van der Waals surface area contributed by atoms with E-state index in [9.17, 15) is 4.79 Å². The quantitative estimate of drug-likeness (QED) is 0.842. The zero-order valence-corrected chi connectivity index (χ0v) is 15.8. The first-order valence-corrected chi connectivity index (χ1v) is 8.13. The van der Waals surface area contributed by atoms with Crippen LogP contribution in [0.2, 0.25) is 0 Å². The van der Waals surface area contributed by atoms with Gasteiger partial charge in [-0.25, -0.2) is 9.78 Å². The highest BCUT2D eigenvalue weighted by molar-refractivity contribution is 6.62. The summed E-state index contributed by atoms with van der Waals surface area (Å²) in [6.45, 7) is 15.3. The maximum absolute atomic E-state index is 12.0. The van der Waals surface area contributed by atoms with Crippen molar-refractivity contribution in [2.24, 2.45) is 0 Å². The fraction of sp³-hybridized carbons (Fsp3) is 0.647. The molecule has 24 heavy (non-hydrogen) atoms. The topological polar surface area (TPSA) is 69.7 Å². The Labute approximate surface area is 144 Å². The Bertz CT molecular complexity index is 622. The highest BCUT2D eigenvalue weighted by atomic mass is 16.7. The Hall–Kier alpha value is -1.60. The third-order valence-corrected chi connectivity index (χ3v) is 4.37. The molecule has 1 aliphatic heterocycles. The van der Waals surface area contributed by atoms with Gasteiger partial charge in [0, 0.05) is 6.20 Å². The first-order chi connectivity index (χ1) is 10.8. The molecule has 0 atom stereocenters. The number of ether oxygens (including phenoxy) is 1. The van der Waals surface area contributed by atoms with Crippen LogP contribution in [0.15, 0.2) is 12.3 Å². The monoisotopic (exact) mass is 334 g/mol. The lowest BCUT2D eigenvalue weighted by molar-refractivity contribution is 0.00578. The van der Waals surface area contributed by atoms with Gasteiger partial charge in [-0.05, 0) is 72.5 Å². The number of carbonyl (C=O) groups excluding carboxylic acids is 1. The number of anilines is 1. The number of hydrogen-bond donors (Lipinski definition) is 1. The van der Waals surface area contributed by atoms with E-state index in [1.165, 1.54) is 0 Å². The molecule has 2 rings (SSSR count). The summed E-state index contributed by atoms with van der Waals surface area (Å²) in [7, 11) is -0.503. The van der Waals surface area contributed by atoms with Crippen LogP contribution in [-0.2, 0) is 14.0 Å². The van der Waals surface area contributed by atoms with Gasteiger partial charge in [0.25, 0.3) is 0 Å². The maximum Gasteiger partial charge on any atom is 0.495 e. The van der Waals surface area contributed by atoms with Crippen molar-refractivity contribution in [3.63, 3.8) is 0 Å². The molecule has 0 unspecified atom stereocenters. The van der Waals surface area contributed by atoms with Crippen LogP contribution in [0, 0.1) is 6.92 Å². The van der Waals surface area contributed by atoms with Gasteiger partial charge in [0.05, 0.1) is 11.2 Å². The first-order valence-electron chi connectivity index (χ1n) is 8.13. The van der Waals surface area contributed by atoms with Crippen molar-refractivity contribution >= 4 is 24.5 Å². The summed E-state index contributed by atoms with van der Waals surface area (Å²) in [5.74, 6) is 0.441. The SMILES string of the molecule is Cc1c(B2OC(C)(C)C(C)(C)O2)ccnc1NC(=O)OC(C)(C)C. The minimum atomic E-state index is -0.568. The maximum atomic E-state index is 12.0. The number of nitrogens with one attached hydrogen (secondary N) is 1. The molecule has 0 radical (unpaired) electrons. The van der Waals surface area contributed by atoms with E-state index in [0.717, 1.165) is 11.0 Å². The minimum absolute atomic E-state index is 0.424. The molecule has 1 aliphatic rings. The lowest BCUT2D eigenvalue weighted by atomic mass is 9.77. The van der Waals surface area contributed by atoms with Crippen LogP contribution in [-0.4, -0.2) is 35.0 Å². The minimum Gasteiger partial charge on any atom is -0.444 e. The number of rotatable bonds is 2. The number of carbonyl (C=O) groups is 1. The van der Waals surface area contributed by atoms with E-state index in [4.69, 9.17) is 14.0 Å². The number of amides is 1. The molecule has 7 heteroatoms. The van der Waals surface area contributed by atoms with Crippen molar-refractivity contribution in [3.05, 3.63) is 17.8 Å². The van der Waals surface area contributed by atoms with Gasteiger partial charge < -0.3 is 14.0 Å². The van der Waals surface area contributed by atoms with E-state index >= 15 is 0 Å². The van der Waals surface area contributed by atoms with E-state index in [1.807, 2.05) is 61.5 Å². The highest BCUT2D eigenvalue weighted by Gasteiger charge is 2.52. The van der Waals surface area contributed by atoms with Crippen LogP contribution in [0.5, 0.6) is 0 Å². The molecule has 1 fully saturated rings. The van der Waals surface area contributed by atoms with Crippen molar-refractivity contribution in [1.29, 1.82) is 0 Å². The van der Waals surface area contributed by atoms with Crippen molar-refractivity contribution in [2.45, 2.75) is 72.2 Å². The normalized spacial score (nSPS) is 19.2. The number of nitrogens with zero attached hydrogens (tertiary/aromatic N) is 1. The van der Waals surface area contributed by atoms with Crippen molar-refractivity contribution in [3.8, 4) is 0 Å². The second-order valence-corrected chi connectivity index (χ2v) is 8.09. The zero-order chi connectivity index (χ0) is 18.3. The van der Waals surface area contributed by atoms with E-state index < -0.39 is 30.0 Å². The fourth-order valence-electron chi connectivity index (χ4n) is 2.30. The zero-order valence-electron chi connectivity index (χ0n) is 15.8. The predicted octanol–water partition coefficient (Wildman–Crippen LogP) is 3.04. The second-order valence-electron chi connectivity index (χ2n) is 8.09. The molecule has 0 saturated carbocycles. The molecule has 6 nitrogen and oxygen atoms in total. The van der Waals surface area contributed by atoms with Gasteiger partial charge in [0.2, 0.25) is 0 Å². The van der Waals surface area contributed by atoms with Gasteiger partial charge in [-0.3, -0.25) is 5.32 Å². The molecule has 1 amide bonds. The molecule has 0 bridgehead atoms. The summed E-state index contributed by atoms with van der Waals surface area (Å²) < 4.78 is 17.4. The highest BCUT2D eigenvalue weighted by Crippen LogP contribution is 2.36. The molecule has 132 valence electrons. The molecule has 0 aliphatic carbocycles. The Morgan fingerprint density at radius 3 is 2.25 bits per heavy atom. The summed E-state index contributed by atoms with van der Waals surface area (Å²) in [5.41, 5.74) is 0.219. The van der Waals surface area contributed by atoms with Crippen molar-refractivity contribution in [2.75, 3.05) is 5.32 Å². The van der Waals surface area contributed by atoms with Gasteiger partial charge in [0.15, 0.2) is 0 Å². The summed E-state index contributed by atoms with van der Waals surface area (Å²) in [6.07, 6.45) is 1.09. The molecule has 1 saturated heterocycles. The second kappa shape index (κ2) is 6.04. The Balaban J connectivity index is 2.22. The smallest absolute Gasteiger partial charge is 0.444 e. The average molecular weight is 334 g/mol. The summed E-state index contributed by atoms with van der Waals surface area (Å²) in [5, 5.41) is 2.69. The third kappa shape index (κ3) is 3.90. The molecule has 1 aromatic rings.